The molecule has 1 saturated heterocycles. The molecule has 0 saturated carbocycles. The van der Waals surface area contributed by atoms with Gasteiger partial charge in [0.2, 0.25) is 0 Å². The van der Waals surface area contributed by atoms with Crippen LogP contribution < -0.4 is 5.32 Å². The first-order valence-electron chi connectivity index (χ1n) is 6.78. The first-order chi connectivity index (χ1) is 9.58. The van der Waals surface area contributed by atoms with Gasteiger partial charge in [0.25, 0.3) is 5.91 Å². The zero-order valence-corrected chi connectivity index (χ0v) is 11.7. The molecule has 0 radical (unpaired) electrons. The number of amides is 1. The van der Waals surface area contributed by atoms with E-state index >= 15 is 0 Å². The average Bonchev–Trinajstić information content (AvgIpc) is 2.48. The molecule has 2 rings (SSSR count). The Morgan fingerprint density at radius 2 is 2.00 bits per heavy atom. The lowest BCUT2D eigenvalue weighted by Crippen LogP contribution is -2.46. The van der Waals surface area contributed by atoms with E-state index in [0.29, 0.717) is 12.1 Å². The zero-order chi connectivity index (χ0) is 14.5. The highest BCUT2D eigenvalue weighted by Crippen LogP contribution is 2.25. The lowest BCUT2D eigenvalue weighted by atomic mass is 10.2. The van der Waals surface area contributed by atoms with E-state index in [4.69, 9.17) is 0 Å². The van der Waals surface area contributed by atoms with Gasteiger partial charge < -0.3 is 20.4 Å². The first kappa shape index (κ1) is 14.6. The van der Waals surface area contributed by atoms with E-state index in [9.17, 15) is 15.0 Å². The smallest absolute Gasteiger partial charge is 0.253 e. The van der Waals surface area contributed by atoms with Crippen LogP contribution in [0.15, 0.2) is 18.2 Å². The van der Waals surface area contributed by atoms with Gasteiger partial charge in [0.15, 0.2) is 11.5 Å². The van der Waals surface area contributed by atoms with Crippen LogP contribution in [0.4, 0.5) is 0 Å². The highest BCUT2D eigenvalue weighted by atomic mass is 16.3. The van der Waals surface area contributed by atoms with E-state index in [-0.39, 0.29) is 17.4 Å². The number of phenolic OH excluding ortho intramolecular Hbond substituents is 2. The van der Waals surface area contributed by atoms with Crippen LogP contribution >= 0.6 is 0 Å². The molecule has 0 atom stereocenters. The molecular formula is C14H21N3O3. The summed E-state index contributed by atoms with van der Waals surface area (Å²) in [4.78, 5) is 16.1. The number of carbonyl (C=O) groups is 1. The van der Waals surface area contributed by atoms with Crippen molar-refractivity contribution in [3.63, 3.8) is 0 Å². The molecule has 0 bridgehead atoms. The Labute approximate surface area is 118 Å². The highest BCUT2D eigenvalue weighted by molar-refractivity contribution is 5.94. The number of likely N-dealkylation sites (N-methyl/N-ethyl adjacent to an activating group) is 1. The van der Waals surface area contributed by atoms with Gasteiger partial charge in [-0.2, -0.15) is 0 Å². The van der Waals surface area contributed by atoms with E-state index in [1.54, 1.807) is 11.9 Å². The number of phenols is 2. The Bertz CT molecular complexity index is 473. The number of nitrogens with zero attached hydrogens (tertiary/aromatic N) is 2. The summed E-state index contributed by atoms with van der Waals surface area (Å²) < 4.78 is 0. The van der Waals surface area contributed by atoms with Crippen molar-refractivity contribution in [3.8, 4) is 11.5 Å². The molecule has 20 heavy (non-hydrogen) atoms. The van der Waals surface area contributed by atoms with Crippen LogP contribution in [0, 0.1) is 0 Å². The summed E-state index contributed by atoms with van der Waals surface area (Å²) in [5.74, 6) is -0.646. The van der Waals surface area contributed by atoms with Crippen LogP contribution in [-0.4, -0.2) is 72.2 Å². The molecule has 0 aliphatic carbocycles. The van der Waals surface area contributed by atoms with Gasteiger partial charge in [0.05, 0.1) is 0 Å². The van der Waals surface area contributed by atoms with E-state index in [0.717, 1.165) is 32.7 Å². The Morgan fingerprint density at radius 1 is 1.30 bits per heavy atom. The Kier molecular flexibility index (Phi) is 4.81. The van der Waals surface area contributed by atoms with Crippen molar-refractivity contribution in [2.24, 2.45) is 0 Å². The lowest BCUT2D eigenvalue weighted by molar-refractivity contribution is 0.0774. The van der Waals surface area contributed by atoms with Crippen molar-refractivity contribution in [3.05, 3.63) is 23.8 Å². The predicted molar refractivity (Wildman–Crippen MR) is 76.0 cm³/mol. The number of carbonyl (C=O) groups excluding carboxylic acids is 1. The second-order valence-electron chi connectivity index (χ2n) is 5.02. The number of hydrogen-bond donors (Lipinski definition) is 3. The van der Waals surface area contributed by atoms with Gasteiger partial charge in [0, 0.05) is 51.9 Å². The van der Waals surface area contributed by atoms with Gasteiger partial charge in [-0.15, -0.1) is 0 Å². The minimum Gasteiger partial charge on any atom is -0.504 e. The third kappa shape index (κ3) is 3.61. The average molecular weight is 279 g/mol. The maximum Gasteiger partial charge on any atom is 0.253 e. The molecule has 1 amide bonds. The largest absolute Gasteiger partial charge is 0.504 e. The molecule has 6 nitrogen and oxygen atoms in total. The van der Waals surface area contributed by atoms with Crippen LogP contribution in [0.5, 0.6) is 11.5 Å². The maximum absolute atomic E-state index is 12.2. The third-order valence-corrected chi connectivity index (χ3v) is 3.53. The predicted octanol–water partition coefficient (Wildman–Crippen LogP) is 0.0750. The molecule has 1 fully saturated rings. The van der Waals surface area contributed by atoms with Crippen LogP contribution in [0.1, 0.15) is 10.4 Å². The van der Waals surface area contributed by atoms with Crippen molar-refractivity contribution >= 4 is 5.91 Å². The monoisotopic (exact) mass is 279 g/mol. The van der Waals surface area contributed by atoms with Crippen molar-refractivity contribution < 1.29 is 15.0 Å². The number of nitrogens with one attached hydrogen (secondary N) is 1. The van der Waals surface area contributed by atoms with Gasteiger partial charge in [-0.05, 0) is 18.2 Å². The standard InChI is InChI=1S/C14H21N3O3/c1-16(8-9-17-6-4-15-5-7-17)14(20)11-2-3-12(18)13(19)10-11/h2-3,10,15,18-19H,4-9H2,1H3. The van der Waals surface area contributed by atoms with E-state index in [1.807, 2.05) is 0 Å². The Hall–Kier alpha value is -1.79. The number of aromatic hydroxyl groups is 2. The molecule has 0 unspecified atom stereocenters. The summed E-state index contributed by atoms with van der Waals surface area (Å²) in [6.07, 6.45) is 0. The van der Waals surface area contributed by atoms with E-state index in [2.05, 4.69) is 10.2 Å². The zero-order valence-electron chi connectivity index (χ0n) is 11.7. The molecule has 6 heteroatoms. The summed E-state index contributed by atoms with van der Waals surface area (Å²) in [6.45, 7) is 5.46. The number of benzene rings is 1. The van der Waals surface area contributed by atoms with E-state index < -0.39 is 0 Å². The Balaban J connectivity index is 1.89. The normalized spacial score (nSPS) is 16.1. The number of piperazine rings is 1. The topological polar surface area (TPSA) is 76.0 Å². The first-order valence-corrected chi connectivity index (χ1v) is 6.78. The van der Waals surface area contributed by atoms with Gasteiger partial charge in [-0.25, -0.2) is 0 Å². The second kappa shape index (κ2) is 6.58. The molecule has 3 N–H and O–H groups in total. The summed E-state index contributed by atoms with van der Waals surface area (Å²) in [6, 6.07) is 4.13. The molecule has 1 heterocycles. The minimum atomic E-state index is -0.272. The fourth-order valence-corrected chi connectivity index (χ4v) is 2.20. The summed E-state index contributed by atoms with van der Waals surface area (Å²) in [7, 11) is 1.74. The third-order valence-electron chi connectivity index (χ3n) is 3.53. The quantitative estimate of drug-likeness (QED) is 0.680. The fraction of sp³-hybridized carbons (Fsp3) is 0.500. The van der Waals surface area contributed by atoms with Crippen molar-refractivity contribution in [1.82, 2.24) is 15.1 Å². The molecule has 1 aromatic rings. The van der Waals surface area contributed by atoms with Gasteiger partial charge in [0.1, 0.15) is 0 Å². The summed E-state index contributed by atoms with van der Waals surface area (Å²) in [5, 5.41) is 22.0. The Morgan fingerprint density at radius 3 is 2.65 bits per heavy atom. The van der Waals surface area contributed by atoms with Gasteiger partial charge in [-0.1, -0.05) is 0 Å². The van der Waals surface area contributed by atoms with E-state index in [1.165, 1.54) is 18.2 Å². The molecule has 1 aliphatic heterocycles. The van der Waals surface area contributed by atoms with Crippen LogP contribution in [0.2, 0.25) is 0 Å². The SMILES string of the molecule is CN(CCN1CCNCC1)C(=O)c1ccc(O)c(O)c1. The number of rotatable bonds is 4. The summed E-state index contributed by atoms with van der Waals surface area (Å²) >= 11 is 0. The minimum absolute atomic E-state index is 0.157. The molecule has 110 valence electrons. The van der Waals surface area contributed by atoms with Crippen molar-refractivity contribution in [1.29, 1.82) is 0 Å². The molecule has 1 aliphatic rings. The van der Waals surface area contributed by atoms with Crippen LogP contribution in [0.25, 0.3) is 0 Å². The van der Waals surface area contributed by atoms with Crippen molar-refractivity contribution in [2.45, 2.75) is 0 Å². The highest BCUT2D eigenvalue weighted by Gasteiger charge is 2.15. The fourth-order valence-electron chi connectivity index (χ4n) is 2.20. The lowest BCUT2D eigenvalue weighted by Gasteiger charge is -2.29. The van der Waals surface area contributed by atoms with Crippen molar-refractivity contribution in [2.75, 3.05) is 46.3 Å². The van der Waals surface area contributed by atoms with Gasteiger partial charge in [-0.3, -0.25) is 9.69 Å². The van der Waals surface area contributed by atoms with Crippen LogP contribution in [-0.2, 0) is 0 Å². The molecular weight excluding hydrogens is 258 g/mol. The number of hydrogen-bond acceptors (Lipinski definition) is 5. The van der Waals surface area contributed by atoms with Crippen LogP contribution in [0.3, 0.4) is 0 Å². The molecule has 0 spiro atoms. The second-order valence-corrected chi connectivity index (χ2v) is 5.02. The molecule has 0 aromatic heterocycles. The summed E-state index contributed by atoms with van der Waals surface area (Å²) in [5.41, 5.74) is 0.378. The maximum atomic E-state index is 12.2. The van der Waals surface area contributed by atoms with Gasteiger partial charge >= 0.3 is 0 Å². The molecule has 1 aromatic carbocycles.